The van der Waals surface area contributed by atoms with Crippen molar-refractivity contribution in [3.8, 4) is 5.75 Å². The number of aryl methyl sites for hydroxylation is 2. The Hall–Kier alpha value is -4.03. The van der Waals surface area contributed by atoms with Crippen LogP contribution < -0.4 is 15.4 Å². The van der Waals surface area contributed by atoms with Crippen LogP contribution in [0.2, 0.25) is 0 Å². The molecule has 10 nitrogen and oxygen atoms in total. The van der Waals surface area contributed by atoms with E-state index in [1.807, 2.05) is 0 Å². The Bertz CT molecular complexity index is 1120. The molecule has 0 atom stereocenters. The second kappa shape index (κ2) is 11.2. The maximum Gasteiger partial charge on any atom is 0.573 e. The van der Waals surface area contributed by atoms with Gasteiger partial charge in [-0.2, -0.15) is 5.10 Å². The number of alkyl halides is 3. The monoisotopic (exact) mass is 477 g/mol. The van der Waals surface area contributed by atoms with E-state index in [0.29, 0.717) is 24.3 Å². The molecule has 2 N–H and O–H groups in total. The van der Waals surface area contributed by atoms with Gasteiger partial charge in [-0.25, -0.2) is 0 Å². The summed E-state index contributed by atoms with van der Waals surface area (Å²) in [5.74, 6) is -0.678. The number of rotatable bonds is 10. The number of anilines is 1. The first-order valence-corrected chi connectivity index (χ1v) is 10.3. The van der Waals surface area contributed by atoms with Gasteiger partial charge in [0.1, 0.15) is 5.75 Å². The predicted octanol–water partition coefficient (Wildman–Crippen LogP) is 2.88. The lowest BCUT2D eigenvalue weighted by Crippen LogP contribution is -2.23. The number of benzene rings is 1. The zero-order chi connectivity index (χ0) is 24.6. The molecule has 3 rings (SSSR count). The van der Waals surface area contributed by atoms with Gasteiger partial charge in [-0.3, -0.25) is 14.3 Å². The molecule has 0 aliphatic rings. The molecule has 3 aromatic rings. The lowest BCUT2D eigenvalue weighted by atomic mass is 10.2. The highest BCUT2D eigenvalue weighted by molar-refractivity contribution is 5.91. The molecule has 0 saturated carbocycles. The molecular weight excluding hydrogens is 455 g/mol. The quantitative estimate of drug-likeness (QED) is 0.430. The topological polar surface area (TPSA) is 124 Å². The number of carbonyl (C=O) groups is 2. The van der Waals surface area contributed by atoms with Gasteiger partial charge in [-0.15, -0.1) is 23.4 Å². The van der Waals surface area contributed by atoms with Crippen LogP contribution in [0.25, 0.3) is 0 Å². The molecule has 1 aromatic carbocycles. The summed E-state index contributed by atoms with van der Waals surface area (Å²) in [7, 11) is 0. The molecule has 13 heteroatoms. The highest BCUT2D eigenvalue weighted by Gasteiger charge is 2.31. The zero-order valence-electron chi connectivity index (χ0n) is 18.2. The first-order valence-electron chi connectivity index (χ1n) is 10.3. The number of unbranched alkanes of at least 4 members (excludes halogenated alkanes) is 1. The van der Waals surface area contributed by atoms with Crippen LogP contribution in [0, 0.1) is 0 Å². The first kappa shape index (κ1) is 24.6. The van der Waals surface area contributed by atoms with Gasteiger partial charge < -0.3 is 15.4 Å². The van der Waals surface area contributed by atoms with Gasteiger partial charge in [-0.05, 0) is 49.1 Å². The molecule has 0 bridgehead atoms. The largest absolute Gasteiger partial charge is 0.573 e. The zero-order valence-corrected chi connectivity index (χ0v) is 18.2. The summed E-state index contributed by atoms with van der Waals surface area (Å²) in [5.41, 5.74) is 1.33. The molecule has 0 aliphatic carbocycles. The average Bonchev–Trinajstić information content (AvgIpc) is 3.24. The van der Waals surface area contributed by atoms with Crippen molar-refractivity contribution in [2.24, 2.45) is 0 Å². The van der Waals surface area contributed by atoms with E-state index in [-0.39, 0.29) is 23.9 Å². The van der Waals surface area contributed by atoms with Crippen LogP contribution in [0.15, 0.2) is 42.6 Å². The van der Waals surface area contributed by atoms with Crippen molar-refractivity contribution < 1.29 is 27.5 Å². The SMILES string of the molecule is CC(=O)Nc1ccc(CCCCn2cc(C(=O)NCc3cccc(OC(F)(F)F)c3)nn2)nn1. The van der Waals surface area contributed by atoms with Crippen molar-refractivity contribution in [3.63, 3.8) is 0 Å². The highest BCUT2D eigenvalue weighted by atomic mass is 19.4. The van der Waals surface area contributed by atoms with Gasteiger partial charge in [0.2, 0.25) is 5.91 Å². The average molecular weight is 477 g/mol. The fraction of sp³-hybridized carbons (Fsp3) is 0.333. The third kappa shape index (κ3) is 8.15. The van der Waals surface area contributed by atoms with Crippen LogP contribution in [0.1, 0.15) is 41.5 Å². The molecular formula is C21H22F3N7O3. The first-order chi connectivity index (χ1) is 16.2. The molecule has 2 heterocycles. The molecule has 34 heavy (non-hydrogen) atoms. The normalized spacial score (nSPS) is 11.2. The van der Waals surface area contributed by atoms with E-state index >= 15 is 0 Å². The summed E-state index contributed by atoms with van der Waals surface area (Å²) < 4.78 is 42.4. The summed E-state index contributed by atoms with van der Waals surface area (Å²) in [6.45, 7) is 1.93. The Morgan fingerprint density at radius 1 is 1.09 bits per heavy atom. The second-order valence-electron chi connectivity index (χ2n) is 7.29. The van der Waals surface area contributed by atoms with Gasteiger partial charge in [0.05, 0.1) is 11.9 Å². The minimum Gasteiger partial charge on any atom is -0.406 e. The molecule has 0 radical (unpaired) electrons. The van der Waals surface area contributed by atoms with Gasteiger partial charge in [0, 0.05) is 20.0 Å². The number of halogens is 3. The number of amides is 2. The summed E-state index contributed by atoms with van der Waals surface area (Å²) in [5, 5.41) is 20.9. The van der Waals surface area contributed by atoms with Crippen LogP contribution in [0.3, 0.4) is 0 Å². The van der Waals surface area contributed by atoms with Crippen molar-refractivity contribution in [2.45, 2.75) is 45.6 Å². The van der Waals surface area contributed by atoms with Crippen LogP contribution in [0.4, 0.5) is 19.0 Å². The smallest absolute Gasteiger partial charge is 0.406 e. The summed E-state index contributed by atoms with van der Waals surface area (Å²) in [4.78, 5) is 23.3. The number of nitrogens with one attached hydrogen (secondary N) is 2. The Kier molecular flexibility index (Phi) is 8.11. The van der Waals surface area contributed by atoms with Gasteiger partial charge in [0.25, 0.3) is 5.91 Å². The third-order valence-corrected chi connectivity index (χ3v) is 4.45. The van der Waals surface area contributed by atoms with Gasteiger partial charge in [0.15, 0.2) is 11.5 Å². The Morgan fingerprint density at radius 2 is 1.91 bits per heavy atom. The molecule has 0 saturated heterocycles. The fourth-order valence-corrected chi connectivity index (χ4v) is 2.96. The van der Waals surface area contributed by atoms with Gasteiger partial charge in [-0.1, -0.05) is 17.3 Å². The second-order valence-corrected chi connectivity index (χ2v) is 7.29. The Balaban J connectivity index is 1.41. The number of carbonyl (C=O) groups excluding carboxylic acids is 2. The number of nitrogens with zero attached hydrogens (tertiary/aromatic N) is 5. The van der Waals surface area contributed by atoms with Crippen LogP contribution in [-0.2, 0) is 24.3 Å². The Labute approximate surface area is 192 Å². The molecule has 0 unspecified atom stereocenters. The summed E-state index contributed by atoms with van der Waals surface area (Å²) in [6.07, 6.45) is -1.04. The lowest BCUT2D eigenvalue weighted by Gasteiger charge is -2.10. The van der Waals surface area contributed by atoms with E-state index in [4.69, 9.17) is 0 Å². The van der Waals surface area contributed by atoms with Crippen LogP contribution >= 0.6 is 0 Å². The lowest BCUT2D eigenvalue weighted by molar-refractivity contribution is -0.274. The fourth-order valence-electron chi connectivity index (χ4n) is 2.96. The van der Waals surface area contributed by atoms with Crippen molar-refractivity contribution in [3.05, 3.63) is 59.5 Å². The minimum atomic E-state index is -4.79. The molecule has 0 aliphatic heterocycles. The number of hydrogen-bond donors (Lipinski definition) is 2. The van der Waals surface area contributed by atoms with Crippen molar-refractivity contribution in [1.82, 2.24) is 30.5 Å². The van der Waals surface area contributed by atoms with Crippen molar-refractivity contribution >= 4 is 17.6 Å². The highest BCUT2D eigenvalue weighted by Crippen LogP contribution is 2.23. The molecule has 0 fully saturated rings. The maximum absolute atomic E-state index is 12.3. The van der Waals surface area contributed by atoms with Crippen molar-refractivity contribution in [2.75, 3.05) is 5.32 Å². The molecule has 180 valence electrons. The molecule has 0 spiro atoms. The molecule has 2 amide bonds. The van der Waals surface area contributed by atoms with E-state index in [0.717, 1.165) is 18.5 Å². The van der Waals surface area contributed by atoms with E-state index in [1.165, 1.54) is 36.0 Å². The predicted molar refractivity (Wildman–Crippen MR) is 114 cm³/mol. The van der Waals surface area contributed by atoms with Crippen LogP contribution in [0.5, 0.6) is 5.75 Å². The minimum absolute atomic E-state index is 0.00249. The van der Waals surface area contributed by atoms with E-state index in [2.05, 4.69) is 35.9 Å². The van der Waals surface area contributed by atoms with Gasteiger partial charge >= 0.3 is 6.36 Å². The van der Waals surface area contributed by atoms with E-state index in [9.17, 15) is 22.8 Å². The number of ether oxygens (including phenoxy) is 1. The number of hydrogen-bond acceptors (Lipinski definition) is 7. The maximum atomic E-state index is 12.3. The summed E-state index contributed by atoms with van der Waals surface area (Å²) >= 11 is 0. The third-order valence-electron chi connectivity index (χ3n) is 4.45. The van der Waals surface area contributed by atoms with Crippen molar-refractivity contribution in [1.29, 1.82) is 0 Å². The number of aromatic nitrogens is 5. The van der Waals surface area contributed by atoms with Crippen LogP contribution in [-0.4, -0.2) is 43.4 Å². The Morgan fingerprint density at radius 3 is 2.62 bits per heavy atom. The standard InChI is InChI=1S/C21H22F3N7O3/c1-14(32)26-19-9-8-16(27-29-19)6-2-3-10-31-13-18(28-30-31)20(33)25-12-15-5-4-7-17(11-15)34-21(22,23)24/h4-5,7-9,11,13H,2-3,6,10,12H2,1H3,(H,25,33)(H,26,29,32). The summed E-state index contributed by atoms with van der Waals surface area (Å²) in [6, 6.07) is 8.83. The van der Waals surface area contributed by atoms with E-state index < -0.39 is 12.3 Å². The molecule has 2 aromatic heterocycles. The van der Waals surface area contributed by atoms with E-state index in [1.54, 1.807) is 18.2 Å².